The molecule has 7 rings (SSSR count). The van der Waals surface area contributed by atoms with Gasteiger partial charge in [0.05, 0.1) is 18.6 Å². The molecule has 2 bridgehead atoms. The summed E-state index contributed by atoms with van der Waals surface area (Å²) >= 11 is 3.51. The fourth-order valence-electron chi connectivity index (χ4n) is 6.45. The van der Waals surface area contributed by atoms with Gasteiger partial charge in [-0.05, 0) is 39.2 Å². The molecule has 4 aromatic rings. The highest BCUT2D eigenvalue weighted by molar-refractivity contribution is 9.10. The zero-order chi connectivity index (χ0) is 27.4. The van der Waals surface area contributed by atoms with Crippen LogP contribution in [0.5, 0.6) is 0 Å². The topological polar surface area (TPSA) is 110 Å². The Kier molecular flexibility index (Phi) is 5.90. The van der Waals surface area contributed by atoms with E-state index in [0.717, 1.165) is 21.2 Å². The molecule has 3 aliphatic heterocycles. The minimum absolute atomic E-state index is 0.197. The quantitative estimate of drug-likeness (QED) is 0.320. The van der Waals surface area contributed by atoms with Crippen LogP contribution in [0.25, 0.3) is 0 Å². The van der Waals surface area contributed by atoms with Crippen molar-refractivity contribution < 1.29 is 19.4 Å². The number of ether oxygens (including phenoxy) is 1. The molecule has 3 aromatic carbocycles. The van der Waals surface area contributed by atoms with E-state index in [0.29, 0.717) is 5.82 Å². The van der Waals surface area contributed by atoms with Crippen molar-refractivity contribution in [3.05, 3.63) is 124 Å². The number of hydrogen-bond acceptors (Lipinski definition) is 6. The van der Waals surface area contributed by atoms with E-state index in [4.69, 9.17) is 4.74 Å². The largest absolute Gasteiger partial charge is 0.481 e. The molecule has 1 spiro atoms. The first-order valence-corrected chi connectivity index (χ1v) is 13.8. The molecule has 9 nitrogen and oxygen atoms in total. The van der Waals surface area contributed by atoms with Crippen LogP contribution in [-0.2, 0) is 14.3 Å². The van der Waals surface area contributed by atoms with Gasteiger partial charge in [0, 0.05) is 4.47 Å². The summed E-state index contributed by atoms with van der Waals surface area (Å²) in [5.74, 6) is -2.60. The summed E-state index contributed by atoms with van der Waals surface area (Å²) in [5.41, 5.74) is 1.77. The maximum absolute atomic E-state index is 14.1. The van der Waals surface area contributed by atoms with Gasteiger partial charge in [-0.25, -0.2) is 4.68 Å². The van der Waals surface area contributed by atoms with Crippen molar-refractivity contribution in [3.63, 3.8) is 0 Å². The van der Waals surface area contributed by atoms with Gasteiger partial charge in [-0.3, -0.25) is 9.59 Å². The summed E-state index contributed by atoms with van der Waals surface area (Å²) in [4.78, 5) is 28.1. The van der Waals surface area contributed by atoms with Gasteiger partial charge >= 0.3 is 5.97 Å². The number of aromatic nitrogens is 4. The van der Waals surface area contributed by atoms with E-state index in [-0.39, 0.29) is 18.5 Å². The molecule has 200 valence electrons. The predicted molar refractivity (Wildman–Crippen MR) is 147 cm³/mol. The van der Waals surface area contributed by atoms with Crippen molar-refractivity contribution >= 4 is 27.8 Å². The number of nitrogens with zero attached hydrogens (tertiary/aromatic N) is 5. The number of hydrogen-bond donors (Lipinski definition) is 1. The molecule has 1 aromatic heterocycles. The van der Waals surface area contributed by atoms with Crippen LogP contribution in [0.15, 0.2) is 102 Å². The van der Waals surface area contributed by atoms with Gasteiger partial charge in [0.1, 0.15) is 23.6 Å². The fourth-order valence-corrected chi connectivity index (χ4v) is 6.72. The number of tetrazole rings is 1. The average molecular weight is 598 g/mol. The summed E-state index contributed by atoms with van der Waals surface area (Å²) in [6.07, 6.45) is 3.02. The number of likely N-dealkylation sites (tertiary alicyclic amines) is 1. The van der Waals surface area contributed by atoms with Gasteiger partial charge in [-0.2, -0.15) is 0 Å². The lowest BCUT2D eigenvalue weighted by Crippen LogP contribution is -2.40. The van der Waals surface area contributed by atoms with Gasteiger partial charge < -0.3 is 14.7 Å². The van der Waals surface area contributed by atoms with Crippen LogP contribution in [0.4, 0.5) is 0 Å². The first-order valence-electron chi connectivity index (χ1n) is 13.0. The number of amides is 1. The average Bonchev–Trinajstić information content (AvgIpc) is 3.74. The van der Waals surface area contributed by atoms with E-state index in [2.05, 4.69) is 31.5 Å². The monoisotopic (exact) mass is 597 g/mol. The molecule has 1 N–H and O–H groups in total. The predicted octanol–water partition coefficient (Wildman–Crippen LogP) is 4.03. The normalized spacial score (nSPS) is 25.5. The number of carbonyl (C=O) groups is 2. The van der Waals surface area contributed by atoms with E-state index < -0.39 is 35.6 Å². The number of halogens is 1. The van der Waals surface area contributed by atoms with Crippen molar-refractivity contribution in [2.75, 3.05) is 6.54 Å². The summed E-state index contributed by atoms with van der Waals surface area (Å²) < 4.78 is 8.83. The number of fused-ring (bicyclic) bond motifs is 1. The van der Waals surface area contributed by atoms with Gasteiger partial charge in [-0.15, -0.1) is 5.10 Å². The van der Waals surface area contributed by atoms with Crippen molar-refractivity contribution in [2.24, 2.45) is 11.8 Å². The second-order valence-electron chi connectivity index (χ2n) is 10.4. The first-order chi connectivity index (χ1) is 19.5. The van der Waals surface area contributed by atoms with Crippen LogP contribution in [0.1, 0.15) is 34.6 Å². The lowest BCUT2D eigenvalue weighted by molar-refractivity contribution is -0.148. The Bertz CT molecular complexity index is 1570. The molecule has 0 saturated carbocycles. The van der Waals surface area contributed by atoms with Crippen LogP contribution < -0.4 is 0 Å². The molecule has 5 unspecified atom stereocenters. The molecule has 4 heterocycles. The molecule has 40 heavy (non-hydrogen) atoms. The molecule has 2 saturated heterocycles. The van der Waals surface area contributed by atoms with Gasteiger partial charge in [0.25, 0.3) is 0 Å². The van der Waals surface area contributed by atoms with Gasteiger partial charge in [0.2, 0.25) is 5.91 Å². The van der Waals surface area contributed by atoms with Crippen molar-refractivity contribution in [2.45, 2.75) is 23.8 Å². The van der Waals surface area contributed by atoms with Crippen LogP contribution in [-0.4, -0.2) is 60.3 Å². The highest BCUT2D eigenvalue weighted by atomic mass is 79.9. The number of aliphatic carboxylic acids is 1. The second-order valence-corrected chi connectivity index (χ2v) is 11.3. The molecule has 0 radical (unpaired) electrons. The molecule has 1 amide bonds. The Morgan fingerprint density at radius 3 is 2.20 bits per heavy atom. The number of carbonyl (C=O) groups excluding carboxylic acids is 1. The number of benzene rings is 3. The lowest BCUT2D eigenvalue weighted by atomic mass is 9.77. The lowest BCUT2D eigenvalue weighted by Gasteiger charge is -2.31. The molecule has 5 atom stereocenters. The highest BCUT2D eigenvalue weighted by Gasteiger charge is 2.68. The number of carboxylic acids is 1. The van der Waals surface area contributed by atoms with E-state index in [1.807, 2.05) is 91.0 Å². The van der Waals surface area contributed by atoms with Crippen LogP contribution in [0.3, 0.4) is 0 Å². The van der Waals surface area contributed by atoms with Crippen LogP contribution in [0, 0.1) is 11.8 Å². The molecule has 10 heteroatoms. The van der Waals surface area contributed by atoms with Crippen LogP contribution in [0.2, 0.25) is 0 Å². The minimum atomic E-state index is -1.03. The molecule has 3 aliphatic rings. The fraction of sp³-hybridized carbons (Fsp3) is 0.233. The van der Waals surface area contributed by atoms with Crippen molar-refractivity contribution in [3.8, 4) is 0 Å². The summed E-state index contributed by atoms with van der Waals surface area (Å²) in [5, 5.41) is 23.0. The number of carboxylic acid groups (broad SMARTS) is 1. The molecular weight excluding hydrogens is 574 g/mol. The van der Waals surface area contributed by atoms with Crippen molar-refractivity contribution in [1.82, 2.24) is 25.1 Å². The zero-order valence-electron chi connectivity index (χ0n) is 21.1. The second kappa shape index (κ2) is 9.50. The van der Waals surface area contributed by atoms with Gasteiger partial charge in [0.15, 0.2) is 5.82 Å². The van der Waals surface area contributed by atoms with E-state index in [1.165, 1.54) is 0 Å². The zero-order valence-corrected chi connectivity index (χ0v) is 22.7. The van der Waals surface area contributed by atoms with E-state index in [9.17, 15) is 14.7 Å². The summed E-state index contributed by atoms with van der Waals surface area (Å²) in [6.45, 7) is 0.197. The standard InChI is InChI=1S/C30H24BrN5O4/c31-21-13-11-20(12-14-21)26(35-17-30-16-15-22(40-30)23(29(38)39)24(30)28(35)37)27-32-33-34-36(27)25(18-7-3-1-4-8-18)19-9-5-2-6-10-19/h1-16,22-26H,17H2,(H,38,39). The Balaban J connectivity index is 1.38. The SMILES string of the molecule is O=C(O)C1C2C=CC3(CN(C(c4ccc(Br)cc4)c4nnnn4C(c4ccccc4)c4ccccc4)C(=O)C13)O2. The van der Waals surface area contributed by atoms with Crippen LogP contribution >= 0.6 is 15.9 Å². The summed E-state index contributed by atoms with van der Waals surface area (Å²) in [6, 6.07) is 26.5. The van der Waals surface area contributed by atoms with E-state index >= 15 is 0 Å². The first kappa shape index (κ1) is 24.9. The van der Waals surface area contributed by atoms with E-state index in [1.54, 1.807) is 15.7 Å². The Labute approximate surface area is 238 Å². The number of rotatable bonds is 7. The third-order valence-corrected chi connectivity index (χ3v) is 8.68. The molecular formula is C30H24BrN5O4. The van der Waals surface area contributed by atoms with Gasteiger partial charge in [-0.1, -0.05) is 101 Å². The third-order valence-electron chi connectivity index (χ3n) is 8.15. The van der Waals surface area contributed by atoms with Crippen molar-refractivity contribution in [1.29, 1.82) is 0 Å². The Morgan fingerprint density at radius 1 is 0.950 bits per heavy atom. The Morgan fingerprint density at radius 2 is 1.57 bits per heavy atom. The smallest absolute Gasteiger partial charge is 0.310 e. The molecule has 0 aliphatic carbocycles. The third kappa shape index (κ3) is 3.82. The Hall–Kier alpha value is -4.15. The molecule has 2 fully saturated rings. The summed E-state index contributed by atoms with van der Waals surface area (Å²) in [7, 11) is 0. The minimum Gasteiger partial charge on any atom is -0.481 e. The maximum atomic E-state index is 14.1. The highest BCUT2D eigenvalue weighted by Crippen LogP contribution is 2.54. The maximum Gasteiger partial charge on any atom is 0.310 e.